The number of allylic oxidation sites excluding steroid dienone is 6. The van der Waals surface area contributed by atoms with Gasteiger partial charge in [0.15, 0.2) is 5.78 Å². The van der Waals surface area contributed by atoms with E-state index >= 15 is 0 Å². The van der Waals surface area contributed by atoms with Gasteiger partial charge in [0, 0.05) is 5.41 Å². The molecule has 0 aliphatic heterocycles. The van der Waals surface area contributed by atoms with Gasteiger partial charge in [-0.2, -0.15) is 0 Å². The predicted octanol–water partition coefficient (Wildman–Crippen LogP) is 4.60. The fourth-order valence-corrected chi connectivity index (χ4v) is 6.86. The molecule has 2 nitrogen and oxygen atoms in total. The van der Waals surface area contributed by atoms with Crippen LogP contribution in [0.25, 0.3) is 0 Å². The molecule has 0 spiro atoms. The number of Topliss-reactive ketones (excluding diaryl/α,β-unsaturated/α-hetero) is 1. The summed E-state index contributed by atoms with van der Waals surface area (Å²) in [4.78, 5) is 12.3. The smallest absolute Gasteiger partial charge is 0.161 e. The maximum Gasteiger partial charge on any atom is 0.161 e. The average molecular weight is 326 g/mol. The molecule has 2 fully saturated rings. The summed E-state index contributed by atoms with van der Waals surface area (Å²) < 4.78 is 0. The molecule has 0 bridgehead atoms. The minimum atomic E-state index is -1.12. The second-order valence-corrected chi connectivity index (χ2v) is 9.18. The van der Waals surface area contributed by atoms with Gasteiger partial charge in [-0.25, -0.2) is 0 Å². The maximum atomic E-state index is 12.3. The van der Waals surface area contributed by atoms with E-state index in [2.05, 4.69) is 45.1 Å². The van der Waals surface area contributed by atoms with Crippen molar-refractivity contribution in [3.05, 3.63) is 35.5 Å². The topological polar surface area (TPSA) is 37.3 Å². The fourth-order valence-electron chi connectivity index (χ4n) is 6.86. The summed E-state index contributed by atoms with van der Waals surface area (Å²) in [5, 5.41) is 11.2. The third-order valence-electron chi connectivity index (χ3n) is 8.31. The molecule has 2 heteroatoms. The van der Waals surface area contributed by atoms with E-state index in [0.29, 0.717) is 24.2 Å². The van der Waals surface area contributed by atoms with E-state index in [1.54, 1.807) is 6.92 Å². The van der Waals surface area contributed by atoms with Gasteiger partial charge < -0.3 is 5.11 Å². The molecule has 0 amide bonds. The largest absolute Gasteiger partial charge is 0.382 e. The van der Waals surface area contributed by atoms with Gasteiger partial charge in [0.2, 0.25) is 0 Å². The molecule has 0 unspecified atom stereocenters. The van der Waals surface area contributed by atoms with E-state index in [-0.39, 0.29) is 16.6 Å². The van der Waals surface area contributed by atoms with Crippen LogP contribution >= 0.6 is 0 Å². The van der Waals surface area contributed by atoms with E-state index < -0.39 is 5.60 Å². The van der Waals surface area contributed by atoms with Crippen LogP contribution in [0.3, 0.4) is 0 Å². The maximum absolute atomic E-state index is 12.3. The number of hydrogen-bond donors (Lipinski definition) is 1. The first-order valence-corrected chi connectivity index (χ1v) is 9.53. The number of carbonyl (C=O) groups is 1. The van der Waals surface area contributed by atoms with Crippen LogP contribution in [0, 0.1) is 28.6 Å². The van der Waals surface area contributed by atoms with Crippen molar-refractivity contribution in [1.29, 1.82) is 0 Å². The standard InChI is InChI=1S/C22H30O2/c1-14-13-16-18(20(3)10-6-5-7-17(14)20)8-11-21(4)19(16)9-12-22(21,24)15(2)23/h5-7,13,16,18-19,24H,8-12H2,1-4H3/t16-,18+,19+,20+,21+,22+/m1/s1. The average Bonchev–Trinajstić information content (AvgIpc) is 2.81. The summed E-state index contributed by atoms with van der Waals surface area (Å²) in [7, 11) is 0. The molecule has 2 saturated carbocycles. The van der Waals surface area contributed by atoms with E-state index in [9.17, 15) is 9.90 Å². The van der Waals surface area contributed by atoms with Crippen LogP contribution in [0.2, 0.25) is 0 Å². The second-order valence-electron chi connectivity index (χ2n) is 9.18. The van der Waals surface area contributed by atoms with Crippen molar-refractivity contribution in [2.24, 2.45) is 28.6 Å². The summed E-state index contributed by atoms with van der Waals surface area (Å²) in [5.74, 6) is 1.51. The van der Waals surface area contributed by atoms with Gasteiger partial charge in [0.05, 0.1) is 0 Å². The van der Waals surface area contributed by atoms with Crippen molar-refractivity contribution in [2.45, 2.75) is 65.4 Å². The molecule has 24 heavy (non-hydrogen) atoms. The molecule has 0 aromatic carbocycles. The second kappa shape index (κ2) is 4.94. The Balaban J connectivity index is 1.79. The molecule has 1 N–H and O–H groups in total. The highest BCUT2D eigenvalue weighted by atomic mass is 16.3. The van der Waals surface area contributed by atoms with Crippen LogP contribution in [0.1, 0.15) is 59.8 Å². The molecular weight excluding hydrogens is 296 g/mol. The Morgan fingerprint density at radius 2 is 1.92 bits per heavy atom. The number of rotatable bonds is 1. The Bertz CT molecular complexity index is 684. The number of carbonyl (C=O) groups excluding carboxylic acids is 1. The van der Waals surface area contributed by atoms with Crippen molar-refractivity contribution in [3.8, 4) is 0 Å². The Kier molecular flexibility index (Phi) is 3.36. The zero-order chi connectivity index (χ0) is 17.3. The lowest BCUT2D eigenvalue weighted by atomic mass is 9.47. The molecule has 0 radical (unpaired) electrons. The van der Waals surface area contributed by atoms with Crippen LogP contribution in [0.5, 0.6) is 0 Å². The van der Waals surface area contributed by atoms with Gasteiger partial charge in [-0.3, -0.25) is 4.79 Å². The van der Waals surface area contributed by atoms with Crippen molar-refractivity contribution >= 4 is 5.78 Å². The van der Waals surface area contributed by atoms with E-state index in [1.165, 1.54) is 11.1 Å². The lowest BCUT2D eigenvalue weighted by molar-refractivity contribution is -0.156. The number of fused-ring (bicyclic) bond motifs is 5. The predicted molar refractivity (Wildman–Crippen MR) is 96.4 cm³/mol. The molecule has 4 aliphatic carbocycles. The monoisotopic (exact) mass is 326 g/mol. The van der Waals surface area contributed by atoms with Crippen molar-refractivity contribution in [2.75, 3.05) is 0 Å². The summed E-state index contributed by atoms with van der Waals surface area (Å²) in [5.41, 5.74) is 1.75. The van der Waals surface area contributed by atoms with Gasteiger partial charge in [0.25, 0.3) is 0 Å². The third kappa shape index (κ3) is 1.78. The Morgan fingerprint density at radius 3 is 2.62 bits per heavy atom. The van der Waals surface area contributed by atoms with E-state index in [1.807, 2.05) is 0 Å². The van der Waals surface area contributed by atoms with Crippen molar-refractivity contribution in [3.63, 3.8) is 0 Å². The number of ketones is 1. The Morgan fingerprint density at radius 1 is 1.21 bits per heavy atom. The van der Waals surface area contributed by atoms with Crippen LogP contribution < -0.4 is 0 Å². The van der Waals surface area contributed by atoms with Crippen molar-refractivity contribution < 1.29 is 9.90 Å². The molecule has 4 rings (SSSR count). The number of hydrogen-bond acceptors (Lipinski definition) is 2. The Labute approximate surface area is 145 Å². The number of aliphatic hydroxyl groups is 1. The highest BCUT2D eigenvalue weighted by Crippen LogP contribution is 2.66. The summed E-state index contributed by atoms with van der Waals surface area (Å²) in [6.07, 6.45) is 14.1. The molecule has 4 aliphatic rings. The normalized spacial score (nSPS) is 49.6. The summed E-state index contributed by atoms with van der Waals surface area (Å²) >= 11 is 0. The molecule has 0 saturated heterocycles. The molecule has 0 aromatic rings. The molecule has 130 valence electrons. The highest BCUT2D eigenvalue weighted by Gasteiger charge is 2.65. The van der Waals surface area contributed by atoms with E-state index in [4.69, 9.17) is 0 Å². The lowest BCUT2D eigenvalue weighted by Crippen LogP contribution is -2.56. The molecule has 6 atom stereocenters. The summed E-state index contributed by atoms with van der Waals surface area (Å²) in [6.45, 7) is 8.44. The fraction of sp³-hybridized carbons (Fsp3) is 0.682. The zero-order valence-electron chi connectivity index (χ0n) is 15.4. The van der Waals surface area contributed by atoms with Crippen LogP contribution in [-0.4, -0.2) is 16.5 Å². The zero-order valence-corrected chi connectivity index (χ0v) is 15.4. The lowest BCUT2D eigenvalue weighted by Gasteiger charge is -2.57. The minimum absolute atomic E-state index is 0.0325. The van der Waals surface area contributed by atoms with Crippen LogP contribution in [-0.2, 0) is 4.79 Å². The van der Waals surface area contributed by atoms with Crippen LogP contribution in [0.4, 0.5) is 0 Å². The van der Waals surface area contributed by atoms with Crippen molar-refractivity contribution in [1.82, 2.24) is 0 Å². The van der Waals surface area contributed by atoms with Gasteiger partial charge in [-0.05, 0) is 74.7 Å². The first-order valence-electron chi connectivity index (χ1n) is 9.53. The minimum Gasteiger partial charge on any atom is -0.382 e. The quantitative estimate of drug-likeness (QED) is 0.764. The first kappa shape index (κ1) is 16.3. The SMILES string of the molecule is CC(=O)[C@@]1(O)CC[C@H]2[C@@H]3C=C(C)C4=CC=CC[C@]4(C)[C@H]3CC[C@@]21C. The Hall–Kier alpha value is -1.15. The molecule has 0 aromatic heterocycles. The van der Waals surface area contributed by atoms with Crippen LogP contribution in [0.15, 0.2) is 35.5 Å². The molecule has 0 heterocycles. The van der Waals surface area contributed by atoms with Gasteiger partial charge in [-0.15, -0.1) is 0 Å². The van der Waals surface area contributed by atoms with Gasteiger partial charge in [0.1, 0.15) is 5.60 Å². The van der Waals surface area contributed by atoms with E-state index in [0.717, 1.165) is 25.7 Å². The third-order valence-corrected chi connectivity index (χ3v) is 8.31. The highest BCUT2D eigenvalue weighted by molar-refractivity contribution is 5.86. The van der Waals surface area contributed by atoms with Gasteiger partial charge >= 0.3 is 0 Å². The van der Waals surface area contributed by atoms with Gasteiger partial charge in [-0.1, -0.05) is 43.7 Å². The first-order chi connectivity index (χ1) is 11.2. The molecular formula is C22H30O2. The summed E-state index contributed by atoms with van der Waals surface area (Å²) in [6, 6.07) is 0.